The van der Waals surface area contributed by atoms with Gasteiger partial charge in [0, 0.05) is 0 Å². The van der Waals surface area contributed by atoms with Gasteiger partial charge in [0.05, 0.1) is 0 Å². The van der Waals surface area contributed by atoms with Crippen LogP contribution in [-0.4, -0.2) is 59.7 Å². The molecule has 0 radical (unpaired) electrons. The number of benzene rings is 1. The molecule has 19 heavy (non-hydrogen) atoms. The monoisotopic (exact) mass is 282 g/mol. The fourth-order valence-electron chi connectivity index (χ4n) is 2.76. The Kier molecular flexibility index (Phi) is 2.67. The predicted octanol–water partition coefficient (Wildman–Crippen LogP) is 0.843. The molecular formula is C11H19N6OP. The average molecular weight is 282 g/mol. The summed E-state index contributed by atoms with van der Waals surface area (Å²) < 4.78 is 12.7. The normalized spacial score (nSPS) is 19.0. The summed E-state index contributed by atoms with van der Waals surface area (Å²) in [7, 11) is 7.73. The van der Waals surface area contributed by atoms with E-state index in [0.717, 1.165) is 16.7 Å². The molecule has 1 aliphatic heterocycles. The fourth-order valence-corrected chi connectivity index (χ4v) is 6.06. The average Bonchev–Trinajstić information content (AvgIpc) is 2.77. The van der Waals surface area contributed by atoms with Crippen molar-refractivity contribution in [2.45, 2.75) is 0 Å². The van der Waals surface area contributed by atoms with Crippen molar-refractivity contribution >= 4 is 24.7 Å². The van der Waals surface area contributed by atoms with E-state index in [0.29, 0.717) is 0 Å². The van der Waals surface area contributed by atoms with Crippen LogP contribution in [0.5, 0.6) is 0 Å². The van der Waals surface area contributed by atoms with Crippen LogP contribution in [0.1, 0.15) is 0 Å². The minimum absolute atomic E-state index is 0.851. The number of hydrogen-bond donors (Lipinski definition) is 0. The number of aromatic nitrogens is 3. The number of hydrogen-bond acceptors (Lipinski definition) is 6. The molecule has 0 fully saturated rings. The van der Waals surface area contributed by atoms with Gasteiger partial charge in [-0.15, -0.1) is 0 Å². The van der Waals surface area contributed by atoms with Gasteiger partial charge >= 0.3 is 112 Å². The van der Waals surface area contributed by atoms with Gasteiger partial charge < -0.3 is 0 Å². The minimum atomic E-state index is -2.47. The molecule has 0 spiro atoms. The van der Waals surface area contributed by atoms with Crippen LogP contribution in [0, 0.1) is 0 Å². The Labute approximate surface area is 112 Å². The molecule has 2 heterocycles. The Hall–Kier alpha value is -1.43. The second kappa shape index (κ2) is 4.03. The van der Waals surface area contributed by atoms with Gasteiger partial charge in [0.15, 0.2) is 0 Å². The third kappa shape index (κ3) is 1.49. The van der Waals surface area contributed by atoms with Crippen molar-refractivity contribution in [2.75, 3.05) is 39.9 Å². The molecule has 8 heteroatoms. The molecule has 2 aromatic rings. The molecular weight excluding hydrogens is 263 g/mol. The molecule has 0 aliphatic carbocycles. The molecule has 1 aromatic carbocycles. The zero-order valence-corrected chi connectivity index (χ0v) is 12.8. The van der Waals surface area contributed by atoms with Crippen molar-refractivity contribution in [1.82, 2.24) is 24.5 Å². The van der Waals surface area contributed by atoms with Crippen LogP contribution in [-0.2, 0) is 0 Å². The topological polar surface area (TPSA) is 49.7 Å². The van der Waals surface area contributed by atoms with Crippen LogP contribution in [0.2, 0.25) is 0 Å². The molecule has 0 saturated carbocycles. The molecule has 1 aliphatic rings. The van der Waals surface area contributed by atoms with E-state index in [1.54, 1.807) is 4.85 Å². The first-order valence-electron chi connectivity index (χ1n) is 6.11. The third-order valence-corrected chi connectivity index (χ3v) is 7.45. The SMILES string of the molecule is CN(C)[PH]1(N(C)C)On2nnc3cccc(c32)N1C. The van der Waals surface area contributed by atoms with Gasteiger partial charge in [0.2, 0.25) is 0 Å². The standard InChI is InChI=1S/C11H19N6OP/c1-14(2)19(15(3)4)16(5)10-8-6-7-9-11(10)17(18-19)13-12-9/h6-8,19H,1-5H3. The second-order valence-electron chi connectivity index (χ2n) is 5.12. The quantitative estimate of drug-likeness (QED) is 0.761. The zero-order valence-electron chi connectivity index (χ0n) is 11.8. The van der Waals surface area contributed by atoms with Gasteiger partial charge in [0.1, 0.15) is 0 Å². The summed E-state index contributed by atoms with van der Waals surface area (Å²) in [5, 5.41) is 8.28. The third-order valence-electron chi connectivity index (χ3n) is 3.59. The molecule has 0 N–H and O–H groups in total. The second-order valence-corrected chi connectivity index (χ2v) is 8.91. The first kappa shape index (κ1) is 12.6. The van der Waals surface area contributed by atoms with E-state index in [9.17, 15) is 0 Å². The van der Waals surface area contributed by atoms with Crippen molar-refractivity contribution < 1.29 is 4.62 Å². The maximum absolute atomic E-state index is 6.23. The van der Waals surface area contributed by atoms with E-state index in [2.05, 4.69) is 37.4 Å². The van der Waals surface area contributed by atoms with Gasteiger partial charge in [-0.2, -0.15) is 0 Å². The van der Waals surface area contributed by atoms with E-state index in [4.69, 9.17) is 4.62 Å². The first-order chi connectivity index (χ1) is 8.98. The molecule has 0 amide bonds. The maximum atomic E-state index is 6.23. The van der Waals surface area contributed by atoms with Gasteiger partial charge in [-0.25, -0.2) is 0 Å². The van der Waals surface area contributed by atoms with Crippen molar-refractivity contribution in [3.05, 3.63) is 18.2 Å². The number of rotatable bonds is 2. The van der Waals surface area contributed by atoms with Crippen molar-refractivity contribution in [2.24, 2.45) is 0 Å². The molecule has 104 valence electrons. The summed E-state index contributed by atoms with van der Waals surface area (Å²) in [5.74, 6) is 0. The van der Waals surface area contributed by atoms with Crippen LogP contribution < -0.4 is 9.29 Å². The Bertz CT molecular complexity index is 617. The molecule has 3 rings (SSSR count). The summed E-state index contributed by atoms with van der Waals surface area (Å²) in [6.07, 6.45) is 0. The Balaban J connectivity index is 2.26. The molecule has 1 aromatic heterocycles. The summed E-state index contributed by atoms with van der Waals surface area (Å²) in [5.41, 5.74) is 2.88. The number of nitrogens with zero attached hydrogens (tertiary/aromatic N) is 6. The van der Waals surface area contributed by atoms with Crippen molar-refractivity contribution in [1.29, 1.82) is 0 Å². The van der Waals surface area contributed by atoms with Crippen LogP contribution in [0.25, 0.3) is 11.0 Å². The van der Waals surface area contributed by atoms with Gasteiger partial charge in [-0.05, 0) is 0 Å². The van der Waals surface area contributed by atoms with Crippen LogP contribution in [0.3, 0.4) is 0 Å². The van der Waals surface area contributed by atoms with Crippen molar-refractivity contribution in [3.8, 4) is 0 Å². The molecule has 7 nitrogen and oxygen atoms in total. The van der Waals surface area contributed by atoms with Crippen molar-refractivity contribution in [3.63, 3.8) is 0 Å². The van der Waals surface area contributed by atoms with Crippen LogP contribution >= 0.6 is 7.94 Å². The molecule has 0 atom stereocenters. The summed E-state index contributed by atoms with van der Waals surface area (Å²) in [6.45, 7) is 0. The number of para-hydroxylation sites is 1. The predicted molar refractivity (Wildman–Crippen MR) is 78.2 cm³/mol. The van der Waals surface area contributed by atoms with Crippen LogP contribution in [0.4, 0.5) is 5.69 Å². The van der Waals surface area contributed by atoms with E-state index in [1.807, 2.05) is 40.3 Å². The van der Waals surface area contributed by atoms with E-state index in [1.165, 1.54) is 0 Å². The molecule has 0 saturated heterocycles. The Morgan fingerprint density at radius 2 is 1.84 bits per heavy atom. The van der Waals surface area contributed by atoms with Gasteiger partial charge in [0.25, 0.3) is 0 Å². The van der Waals surface area contributed by atoms with E-state index < -0.39 is 7.94 Å². The Morgan fingerprint density at radius 1 is 1.16 bits per heavy atom. The molecule has 0 unspecified atom stereocenters. The number of anilines is 1. The van der Waals surface area contributed by atoms with E-state index in [-0.39, 0.29) is 0 Å². The summed E-state index contributed by atoms with van der Waals surface area (Å²) in [4.78, 5) is 1.57. The first-order valence-corrected chi connectivity index (χ1v) is 7.86. The summed E-state index contributed by atoms with van der Waals surface area (Å²) in [6, 6.07) is 6.03. The molecule has 0 bridgehead atoms. The van der Waals surface area contributed by atoms with Gasteiger partial charge in [-0.3, -0.25) is 0 Å². The van der Waals surface area contributed by atoms with Gasteiger partial charge in [-0.1, -0.05) is 0 Å². The fraction of sp³-hybridized carbons (Fsp3) is 0.455. The van der Waals surface area contributed by atoms with E-state index >= 15 is 0 Å². The van der Waals surface area contributed by atoms with Crippen LogP contribution in [0.15, 0.2) is 18.2 Å². The summed E-state index contributed by atoms with van der Waals surface area (Å²) >= 11 is 0. The Morgan fingerprint density at radius 3 is 2.47 bits per heavy atom. The zero-order chi connectivity index (χ0) is 13.8.